The maximum Gasteiger partial charge on any atom is 0.365 e. The third-order valence-corrected chi connectivity index (χ3v) is 3.67. The minimum absolute atomic E-state index is 0.157. The van der Waals surface area contributed by atoms with E-state index in [1.165, 1.54) is 11.3 Å². The van der Waals surface area contributed by atoms with E-state index in [0.29, 0.717) is 30.3 Å². The van der Waals surface area contributed by atoms with Crippen LogP contribution in [0.4, 0.5) is 0 Å². The lowest BCUT2D eigenvalue weighted by molar-refractivity contribution is 0.0515. The van der Waals surface area contributed by atoms with Crippen LogP contribution >= 0.6 is 11.3 Å². The Labute approximate surface area is 138 Å². The normalized spacial score (nSPS) is 11.1. The van der Waals surface area contributed by atoms with Gasteiger partial charge in [-0.1, -0.05) is 11.2 Å². The Hall–Kier alpha value is -2.54. The van der Waals surface area contributed by atoms with E-state index in [9.17, 15) is 4.79 Å². The smallest absolute Gasteiger partial charge is 0.365 e. The number of benzene rings is 1. The van der Waals surface area contributed by atoms with E-state index >= 15 is 0 Å². The Morgan fingerprint density at radius 2 is 1.91 bits per heavy atom. The molecule has 0 unspecified atom stereocenters. The first-order valence-corrected chi connectivity index (χ1v) is 8.02. The van der Waals surface area contributed by atoms with Crippen LogP contribution in [0.15, 0.2) is 40.9 Å². The fourth-order valence-electron chi connectivity index (χ4n) is 1.79. The molecule has 0 radical (unpaired) electrons. The molecule has 0 aliphatic heterocycles. The van der Waals surface area contributed by atoms with Gasteiger partial charge in [0.05, 0.1) is 23.7 Å². The van der Waals surface area contributed by atoms with Crippen LogP contribution in [0.1, 0.15) is 29.1 Å². The summed E-state index contributed by atoms with van der Waals surface area (Å²) >= 11 is 1.41. The van der Waals surface area contributed by atoms with Gasteiger partial charge in [-0.05, 0) is 43.5 Å². The number of ether oxygens (including phenoxy) is 2. The van der Waals surface area contributed by atoms with Crippen LogP contribution < -0.4 is 15.2 Å². The molecule has 0 saturated heterocycles. The molecule has 0 aliphatic rings. The van der Waals surface area contributed by atoms with Gasteiger partial charge in [-0.3, -0.25) is 0 Å². The number of nitrogens with zero attached hydrogens (tertiary/aromatic N) is 1. The second-order valence-electron chi connectivity index (χ2n) is 4.36. The van der Waals surface area contributed by atoms with Crippen molar-refractivity contribution >= 4 is 23.1 Å². The molecule has 0 saturated carbocycles. The number of carbonyl (C=O) groups is 1. The second-order valence-corrected chi connectivity index (χ2v) is 5.31. The molecule has 1 aromatic heterocycles. The summed E-state index contributed by atoms with van der Waals surface area (Å²) in [5.41, 5.74) is 6.05. The van der Waals surface area contributed by atoms with Gasteiger partial charge in [-0.2, -0.15) is 0 Å². The van der Waals surface area contributed by atoms with E-state index in [2.05, 4.69) is 5.16 Å². The summed E-state index contributed by atoms with van der Waals surface area (Å²) in [4.78, 5) is 17.7. The maximum absolute atomic E-state index is 12.1. The summed E-state index contributed by atoms with van der Waals surface area (Å²) in [5, 5.41) is 5.52. The van der Waals surface area contributed by atoms with Crippen LogP contribution in [0.5, 0.6) is 11.5 Å². The summed E-state index contributed by atoms with van der Waals surface area (Å²) in [7, 11) is 0. The molecular weight excluding hydrogens is 316 g/mol. The van der Waals surface area contributed by atoms with Gasteiger partial charge in [0.25, 0.3) is 0 Å². The van der Waals surface area contributed by atoms with Gasteiger partial charge in [-0.15, -0.1) is 11.3 Å². The molecule has 0 spiro atoms. The van der Waals surface area contributed by atoms with Crippen molar-refractivity contribution in [3.63, 3.8) is 0 Å². The van der Waals surface area contributed by atoms with Gasteiger partial charge in [0.1, 0.15) is 0 Å². The highest BCUT2D eigenvalue weighted by Crippen LogP contribution is 2.28. The SMILES string of the molecule is CCOc1ccc(C(=O)O/N=C(\N)c2cccs2)cc1OCC. The van der Waals surface area contributed by atoms with Crippen molar-refractivity contribution in [2.24, 2.45) is 10.9 Å². The molecule has 2 aromatic rings. The molecule has 0 amide bonds. The average molecular weight is 334 g/mol. The summed E-state index contributed by atoms with van der Waals surface area (Å²) in [6, 6.07) is 8.45. The van der Waals surface area contributed by atoms with E-state index in [1.807, 2.05) is 25.3 Å². The average Bonchev–Trinajstić information content (AvgIpc) is 3.09. The molecule has 6 nitrogen and oxygen atoms in total. The molecular formula is C16H18N2O4S. The molecule has 23 heavy (non-hydrogen) atoms. The number of hydrogen-bond acceptors (Lipinski definition) is 6. The van der Waals surface area contributed by atoms with E-state index < -0.39 is 5.97 Å². The Morgan fingerprint density at radius 1 is 1.17 bits per heavy atom. The zero-order valence-electron chi connectivity index (χ0n) is 12.9. The predicted molar refractivity (Wildman–Crippen MR) is 89.2 cm³/mol. The third kappa shape index (κ3) is 4.46. The van der Waals surface area contributed by atoms with Gasteiger partial charge in [-0.25, -0.2) is 4.79 Å². The molecule has 0 atom stereocenters. The highest BCUT2D eigenvalue weighted by molar-refractivity contribution is 7.12. The maximum atomic E-state index is 12.1. The lowest BCUT2D eigenvalue weighted by Gasteiger charge is -2.11. The molecule has 0 fully saturated rings. The molecule has 0 bridgehead atoms. The highest BCUT2D eigenvalue weighted by Gasteiger charge is 2.13. The Kier molecular flexibility index (Phi) is 5.99. The number of thiophene rings is 1. The first-order chi connectivity index (χ1) is 11.2. The lowest BCUT2D eigenvalue weighted by atomic mass is 10.2. The Bertz CT molecular complexity index is 683. The monoisotopic (exact) mass is 334 g/mol. The van der Waals surface area contributed by atoms with Gasteiger partial charge in [0.2, 0.25) is 0 Å². The lowest BCUT2D eigenvalue weighted by Crippen LogP contribution is -2.13. The van der Waals surface area contributed by atoms with Crippen molar-refractivity contribution in [3.05, 3.63) is 46.2 Å². The fourth-order valence-corrected chi connectivity index (χ4v) is 2.41. The van der Waals surface area contributed by atoms with Crippen LogP contribution in [0.2, 0.25) is 0 Å². The number of nitrogens with two attached hydrogens (primary N) is 1. The van der Waals surface area contributed by atoms with Crippen LogP contribution in [-0.4, -0.2) is 25.0 Å². The third-order valence-electron chi connectivity index (χ3n) is 2.78. The van der Waals surface area contributed by atoms with E-state index in [0.717, 1.165) is 4.88 Å². The molecule has 7 heteroatoms. The summed E-state index contributed by atoms with van der Waals surface area (Å²) in [6.07, 6.45) is 0. The number of amidine groups is 1. The number of carbonyl (C=O) groups excluding carboxylic acids is 1. The highest BCUT2D eigenvalue weighted by atomic mass is 32.1. The summed E-state index contributed by atoms with van der Waals surface area (Å²) in [6.45, 7) is 4.69. The van der Waals surface area contributed by atoms with Crippen molar-refractivity contribution < 1.29 is 19.1 Å². The quantitative estimate of drug-likeness (QED) is 0.364. The molecule has 2 N–H and O–H groups in total. The van der Waals surface area contributed by atoms with Crippen LogP contribution in [0.25, 0.3) is 0 Å². The first-order valence-electron chi connectivity index (χ1n) is 7.14. The minimum atomic E-state index is -0.617. The number of rotatable bonds is 7. The largest absolute Gasteiger partial charge is 0.490 e. The van der Waals surface area contributed by atoms with E-state index in [1.54, 1.807) is 24.3 Å². The van der Waals surface area contributed by atoms with Gasteiger partial charge < -0.3 is 20.0 Å². The van der Waals surface area contributed by atoms with Crippen molar-refractivity contribution in [1.82, 2.24) is 0 Å². The molecule has 0 aliphatic carbocycles. The van der Waals surface area contributed by atoms with Crippen molar-refractivity contribution in [1.29, 1.82) is 0 Å². The van der Waals surface area contributed by atoms with Crippen molar-refractivity contribution in [2.45, 2.75) is 13.8 Å². The van der Waals surface area contributed by atoms with Crippen LogP contribution in [0, 0.1) is 0 Å². The Balaban J connectivity index is 2.12. The van der Waals surface area contributed by atoms with Gasteiger partial charge in [0.15, 0.2) is 17.3 Å². The van der Waals surface area contributed by atoms with E-state index in [-0.39, 0.29) is 5.84 Å². The molecule has 2 rings (SSSR count). The molecule has 1 aromatic carbocycles. The van der Waals surface area contributed by atoms with Gasteiger partial charge in [0, 0.05) is 0 Å². The van der Waals surface area contributed by atoms with Crippen LogP contribution in [-0.2, 0) is 4.84 Å². The van der Waals surface area contributed by atoms with Crippen molar-refractivity contribution in [3.8, 4) is 11.5 Å². The second kappa shape index (κ2) is 8.19. The Morgan fingerprint density at radius 3 is 2.57 bits per heavy atom. The zero-order valence-corrected chi connectivity index (χ0v) is 13.8. The van der Waals surface area contributed by atoms with Crippen molar-refractivity contribution in [2.75, 3.05) is 13.2 Å². The van der Waals surface area contributed by atoms with E-state index in [4.69, 9.17) is 20.0 Å². The summed E-state index contributed by atoms with van der Waals surface area (Å²) < 4.78 is 10.9. The van der Waals surface area contributed by atoms with Gasteiger partial charge >= 0.3 is 5.97 Å². The topological polar surface area (TPSA) is 83.1 Å². The number of oxime groups is 1. The fraction of sp³-hybridized carbons (Fsp3) is 0.250. The van der Waals surface area contributed by atoms with Crippen LogP contribution in [0.3, 0.4) is 0 Å². The minimum Gasteiger partial charge on any atom is -0.490 e. The number of hydrogen-bond donors (Lipinski definition) is 1. The standard InChI is InChI=1S/C16H18N2O4S/c1-3-20-12-8-7-11(10-13(12)21-4-2)16(19)22-18-15(17)14-6-5-9-23-14/h5-10H,3-4H2,1-2H3,(H2,17,18). The first kappa shape index (κ1) is 16.8. The zero-order chi connectivity index (χ0) is 16.7. The predicted octanol–water partition coefficient (Wildman–Crippen LogP) is 3.02. The summed E-state index contributed by atoms with van der Waals surface area (Å²) in [5.74, 6) is 0.601. The molecule has 1 heterocycles. The molecule has 122 valence electrons.